The van der Waals surface area contributed by atoms with Gasteiger partial charge in [0.05, 0.1) is 6.61 Å². The summed E-state index contributed by atoms with van der Waals surface area (Å²) in [6, 6.07) is 18.1. The van der Waals surface area contributed by atoms with Gasteiger partial charge in [-0.3, -0.25) is 4.52 Å². The quantitative estimate of drug-likeness (QED) is 0.750. The van der Waals surface area contributed by atoms with Crippen molar-refractivity contribution in [2.75, 3.05) is 0 Å². The summed E-state index contributed by atoms with van der Waals surface area (Å²) < 4.78 is 22.1. The van der Waals surface area contributed by atoms with Crippen molar-refractivity contribution >= 4 is 18.2 Å². The van der Waals surface area contributed by atoms with Gasteiger partial charge in [0.2, 0.25) is 0 Å². The second-order valence-corrected chi connectivity index (χ2v) is 6.14. The molecular formula is C13H12ClO3P. The van der Waals surface area contributed by atoms with Gasteiger partial charge in [0.15, 0.2) is 0 Å². The van der Waals surface area contributed by atoms with Crippen LogP contribution in [-0.2, 0) is 15.7 Å². The molecule has 0 fully saturated rings. The first-order chi connectivity index (χ1) is 8.66. The van der Waals surface area contributed by atoms with Gasteiger partial charge in [-0.1, -0.05) is 48.5 Å². The highest BCUT2D eigenvalue weighted by Gasteiger charge is 2.22. The summed E-state index contributed by atoms with van der Waals surface area (Å²) in [5.41, 5.74) is 0.884. The fourth-order valence-electron chi connectivity index (χ4n) is 1.36. The van der Waals surface area contributed by atoms with E-state index in [9.17, 15) is 4.57 Å². The Hall–Kier alpha value is -1.28. The topological polar surface area (TPSA) is 35.5 Å². The van der Waals surface area contributed by atoms with Gasteiger partial charge >= 0.3 is 6.95 Å². The molecule has 0 heterocycles. The lowest BCUT2D eigenvalue weighted by atomic mass is 10.2. The van der Waals surface area contributed by atoms with Crippen LogP contribution in [0.2, 0.25) is 0 Å². The molecule has 0 aliphatic carbocycles. The van der Waals surface area contributed by atoms with Gasteiger partial charge in [0.1, 0.15) is 5.75 Å². The summed E-state index contributed by atoms with van der Waals surface area (Å²) >= 11 is 5.73. The van der Waals surface area contributed by atoms with Crippen LogP contribution < -0.4 is 4.52 Å². The van der Waals surface area contributed by atoms with Gasteiger partial charge in [0, 0.05) is 11.2 Å². The lowest BCUT2D eigenvalue weighted by molar-refractivity contribution is 0.269. The largest absolute Gasteiger partial charge is 0.477 e. The number of rotatable bonds is 5. The highest BCUT2D eigenvalue weighted by atomic mass is 35.7. The number of benzene rings is 2. The Bertz CT molecular complexity index is 530. The van der Waals surface area contributed by atoms with Crippen LogP contribution in [0.1, 0.15) is 5.56 Å². The molecule has 3 nitrogen and oxygen atoms in total. The van der Waals surface area contributed by atoms with E-state index in [4.69, 9.17) is 20.3 Å². The van der Waals surface area contributed by atoms with Crippen molar-refractivity contribution in [1.82, 2.24) is 0 Å². The average molecular weight is 283 g/mol. The molecule has 0 saturated carbocycles. The second kappa shape index (κ2) is 6.05. The van der Waals surface area contributed by atoms with Crippen molar-refractivity contribution in [2.45, 2.75) is 6.61 Å². The molecule has 94 valence electrons. The van der Waals surface area contributed by atoms with Gasteiger partial charge < -0.3 is 4.52 Å². The van der Waals surface area contributed by atoms with Gasteiger partial charge in [-0.05, 0) is 17.7 Å². The van der Waals surface area contributed by atoms with Crippen LogP contribution in [0.25, 0.3) is 0 Å². The van der Waals surface area contributed by atoms with E-state index in [0.29, 0.717) is 5.75 Å². The van der Waals surface area contributed by atoms with E-state index < -0.39 is 6.95 Å². The summed E-state index contributed by atoms with van der Waals surface area (Å²) in [6.45, 7) is -3.46. The Morgan fingerprint density at radius 1 is 0.944 bits per heavy atom. The minimum absolute atomic E-state index is 0.147. The normalized spacial score (nSPS) is 13.8. The van der Waals surface area contributed by atoms with Crippen molar-refractivity contribution in [1.29, 1.82) is 0 Å². The molecule has 1 unspecified atom stereocenters. The monoisotopic (exact) mass is 282 g/mol. The highest BCUT2D eigenvalue weighted by Crippen LogP contribution is 2.53. The van der Waals surface area contributed by atoms with Crippen molar-refractivity contribution in [3.63, 3.8) is 0 Å². The fraction of sp³-hybridized carbons (Fsp3) is 0.0769. The van der Waals surface area contributed by atoms with Crippen molar-refractivity contribution < 1.29 is 13.6 Å². The third-order valence-corrected chi connectivity index (χ3v) is 3.55. The standard InChI is InChI=1S/C13H12ClO3P/c14-18(15,17-13-9-5-2-6-10-13)16-11-12-7-3-1-4-8-12/h1-10H,11H2. The van der Waals surface area contributed by atoms with Crippen LogP contribution >= 0.6 is 18.2 Å². The maximum absolute atomic E-state index is 11.9. The van der Waals surface area contributed by atoms with Gasteiger partial charge in [0.25, 0.3) is 0 Å². The third-order valence-electron chi connectivity index (χ3n) is 2.19. The number of hydrogen-bond acceptors (Lipinski definition) is 3. The molecule has 0 spiro atoms. The lowest BCUT2D eigenvalue weighted by Gasteiger charge is -2.12. The van der Waals surface area contributed by atoms with E-state index in [1.165, 1.54) is 0 Å². The SMILES string of the molecule is O=P(Cl)(OCc1ccccc1)Oc1ccccc1. The minimum Gasteiger partial charge on any atom is -0.413 e. The molecule has 2 aromatic rings. The highest BCUT2D eigenvalue weighted by molar-refractivity contribution is 7.81. The van der Waals surface area contributed by atoms with E-state index in [0.717, 1.165) is 5.56 Å². The Morgan fingerprint density at radius 3 is 2.11 bits per heavy atom. The zero-order valence-corrected chi connectivity index (χ0v) is 11.2. The number of halogens is 1. The lowest BCUT2D eigenvalue weighted by Crippen LogP contribution is -1.94. The van der Waals surface area contributed by atoms with E-state index in [1.807, 2.05) is 36.4 Å². The Morgan fingerprint density at radius 2 is 1.50 bits per heavy atom. The Labute approximate surface area is 111 Å². The first-order valence-corrected chi connectivity index (χ1v) is 7.83. The molecule has 2 aromatic carbocycles. The summed E-state index contributed by atoms with van der Waals surface area (Å²) in [5, 5.41) is 0. The van der Waals surface area contributed by atoms with Gasteiger partial charge in [-0.15, -0.1) is 0 Å². The van der Waals surface area contributed by atoms with Crippen LogP contribution in [-0.4, -0.2) is 0 Å². The first-order valence-electron chi connectivity index (χ1n) is 5.38. The zero-order chi connectivity index (χ0) is 12.8. The molecule has 18 heavy (non-hydrogen) atoms. The zero-order valence-electron chi connectivity index (χ0n) is 9.53. The smallest absolute Gasteiger partial charge is 0.413 e. The summed E-state index contributed by atoms with van der Waals surface area (Å²) in [4.78, 5) is 0. The van der Waals surface area contributed by atoms with Crippen LogP contribution in [0.5, 0.6) is 5.75 Å². The van der Waals surface area contributed by atoms with Gasteiger partial charge in [-0.2, -0.15) is 0 Å². The van der Waals surface area contributed by atoms with Crippen LogP contribution in [0, 0.1) is 0 Å². The van der Waals surface area contributed by atoms with Crippen LogP contribution in [0.15, 0.2) is 60.7 Å². The molecule has 0 N–H and O–H groups in total. The predicted molar refractivity (Wildman–Crippen MR) is 71.8 cm³/mol. The molecule has 0 bridgehead atoms. The average Bonchev–Trinajstić information content (AvgIpc) is 2.38. The molecule has 2 rings (SSSR count). The molecule has 0 aliphatic rings. The maximum Gasteiger partial charge on any atom is 0.477 e. The third kappa shape index (κ3) is 4.19. The number of para-hydroxylation sites is 1. The molecule has 0 radical (unpaired) electrons. The minimum atomic E-state index is -3.61. The van der Waals surface area contributed by atoms with E-state index in [-0.39, 0.29) is 6.61 Å². The van der Waals surface area contributed by atoms with Crippen molar-refractivity contribution in [2.24, 2.45) is 0 Å². The van der Waals surface area contributed by atoms with E-state index >= 15 is 0 Å². The van der Waals surface area contributed by atoms with Crippen LogP contribution in [0.3, 0.4) is 0 Å². The van der Waals surface area contributed by atoms with E-state index in [2.05, 4.69) is 0 Å². The summed E-state index contributed by atoms with van der Waals surface area (Å²) in [6.07, 6.45) is 0. The Kier molecular flexibility index (Phi) is 4.43. The van der Waals surface area contributed by atoms with Crippen LogP contribution in [0.4, 0.5) is 0 Å². The summed E-state index contributed by atoms with van der Waals surface area (Å²) in [5.74, 6) is 0.420. The van der Waals surface area contributed by atoms with Crippen molar-refractivity contribution in [3.05, 3.63) is 66.2 Å². The van der Waals surface area contributed by atoms with E-state index in [1.54, 1.807) is 24.3 Å². The van der Waals surface area contributed by atoms with Gasteiger partial charge in [-0.25, -0.2) is 4.57 Å². The molecule has 0 saturated heterocycles. The molecule has 0 aliphatic heterocycles. The first kappa shape index (κ1) is 13.2. The Balaban J connectivity index is 1.94. The second-order valence-electron chi connectivity index (χ2n) is 3.59. The molecule has 0 amide bonds. The number of hydrogen-bond donors (Lipinski definition) is 0. The fourth-order valence-corrected chi connectivity index (χ4v) is 2.47. The summed E-state index contributed by atoms with van der Waals surface area (Å²) in [7, 11) is 0. The molecule has 5 heteroatoms. The predicted octanol–water partition coefficient (Wildman–Crippen LogP) is 4.63. The molecule has 0 aromatic heterocycles. The maximum atomic E-state index is 11.9. The van der Waals surface area contributed by atoms with Crippen molar-refractivity contribution in [3.8, 4) is 5.75 Å². The molecule has 1 atom stereocenters. The molecular weight excluding hydrogens is 271 g/mol.